The first-order valence-corrected chi connectivity index (χ1v) is 2.57. The maximum absolute atomic E-state index is 7.62. The van der Waals surface area contributed by atoms with Crippen LogP contribution in [0.15, 0.2) is 0 Å². The Labute approximate surface area is 72.3 Å². The van der Waals surface area contributed by atoms with Crippen molar-refractivity contribution in [3.05, 3.63) is 0 Å². The Hall–Kier alpha value is 0.759. The van der Waals surface area contributed by atoms with Crippen LogP contribution in [0, 0.1) is 20.5 Å². The van der Waals surface area contributed by atoms with E-state index >= 15 is 0 Å². The molecular formula is C2CaN2Se. The first kappa shape index (κ1) is 9.90. The van der Waals surface area contributed by atoms with Crippen LogP contribution in [0.1, 0.15) is 0 Å². The van der Waals surface area contributed by atoms with E-state index in [9.17, 15) is 0 Å². The van der Waals surface area contributed by atoms with Crippen LogP contribution in [0.2, 0.25) is 0 Å². The average Bonchev–Trinajstić information content (AvgIpc) is 1.41. The second-order valence-electron chi connectivity index (χ2n) is 0.285. The molecule has 0 fully saturated rings. The predicted molar refractivity (Wildman–Crippen MR) is 22.7 cm³/mol. The molecule has 0 saturated carbocycles. The van der Waals surface area contributed by atoms with Gasteiger partial charge in [0.2, 0.25) is 0 Å². The summed E-state index contributed by atoms with van der Waals surface area (Å²) >= 11 is -0.431. The standard InChI is InChI=1S/C2N2Se.Ca/c3-1-5-2-4;. The third-order valence-electron chi connectivity index (χ3n) is 0.0913. The van der Waals surface area contributed by atoms with Gasteiger partial charge in [0.25, 0.3) is 0 Å². The van der Waals surface area contributed by atoms with E-state index in [1.807, 2.05) is 0 Å². The van der Waals surface area contributed by atoms with Crippen LogP contribution in [0.25, 0.3) is 0 Å². The molecule has 4 heteroatoms. The molecule has 26 valence electrons. The summed E-state index contributed by atoms with van der Waals surface area (Å²) in [4.78, 5) is 3.44. The zero-order valence-corrected chi connectivity index (χ0v) is 6.93. The van der Waals surface area contributed by atoms with Crippen molar-refractivity contribution in [3.8, 4) is 9.94 Å². The molecule has 0 rings (SSSR count). The molecule has 6 heavy (non-hydrogen) atoms. The Kier molecular flexibility index (Phi) is 15.2. The van der Waals surface area contributed by atoms with Gasteiger partial charge in [-0.25, -0.2) is 0 Å². The van der Waals surface area contributed by atoms with Crippen molar-refractivity contribution in [2.24, 2.45) is 0 Å². The SMILES string of the molecule is N#C[Se]C#N.[Ca]. The second kappa shape index (κ2) is 9.23. The smallest absolute Gasteiger partial charge is 0 e. The van der Waals surface area contributed by atoms with Crippen LogP contribution < -0.4 is 0 Å². The first-order chi connectivity index (χ1) is 2.41. The largest absolute Gasteiger partial charge is 0 e. The Balaban J connectivity index is 0. The first-order valence-electron chi connectivity index (χ1n) is 0.855. The van der Waals surface area contributed by atoms with E-state index < -0.39 is 15.0 Å². The van der Waals surface area contributed by atoms with Crippen LogP contribution in [-0.2, 0) is 0 Å². The van der Waals surface area contributed by atoms with E-state index in [0.717, 1.165) is 0 Å². The third kappa shape index (κ3) is 8.83. The third-order valence-corrected chi connectivity index (χ3v) is 0.474. The van der Waals surface area contributed by atoms with Crippen molar-refractivity contribution in [1.82, 2.24) is 0 Å². The van der Waals surface area contributed by atoms with E-state index in [-0.39, 0.29) is 37.7 Å². The van der Waals surface area contributed by atoms with Gasteiger partial charge < -0.3 is 0 Å². The van der Waals surface area contributed by atoms with Gasteiger partial charge in [0.15, 0.2) is 0 Å². The Morgan fingerprint density at radius 3 is 1.50 bits per heavy atom. The van der Waals surface area contributed by atoms with Gasteiger partial charge in [0.1, 0.15) is 0 Å². The van der Waals surface area contributed by atoms with Crippen LogP contribution in [0.3, 0.4) is 0 Å². The summed E-state index contributed by atoms with van der Waals surface area (Å²) in [5.41, 5.74) is 0. The molecule has 0 N–H and O–H groups in total. The molecule has 0 heterocycles. The van der Waals surface area contributed by atoms with Crippen molar-refractivity contribution in [2.75, 3.05) is 0 Å². The molecule has 0 aromatic carbocycles. The average molecular weight is 171 g/mol. The van der Waals surface area contributed by atoms with Gasteiger partial charge in [-0.15, -0.1) is 0 Å². The minimum atomic E-state index is -0.431. The van der Waals surface area contributed by atoms with E-state index in [1.54, 1.807) is 9.94 Å². The molecular weight excluding hydrogens is 171 g/mol. The summed E-state index contributed by atoms with van der Waals surface area (Å²) < 4.78 is 0. The number of nitrogens with zero attached hydrogens (tertiary/aromatic N) is 2. The molecule has 0 aliphatic carbocycles. The van der Waals surface area contributed by atoms with Gasteiger partial charge in [-0.05, 0) is 0 Å². The van der Waals surface area contributed by atoms with E-state index in [4.69, 9.17) is 10.5 Å². The predicted octanol–water partition coefficient (Wildman–Crippen LogP) is -0.728. The number of nitriles is 2. The summed E-state index contributed by atoms with van der Waals surface area (Å²) in [6.45, 7) is 0. The van der Waals surface area contributed by atoms with Gasteiger partial charge in [-0.3, -0.25) is 0 Å². The zero-order chi connectivity index (χ0) is 4.12. The molecule has 0 aliphatic rings. The molecule has 0 aromatic heterocycles. The fourth-order valence-corrected chi connectivity index (χ4v) is 0.106. The van der Waals surface area contributed by atoms with E-state index in [2.05, 4.69) is 0 Å². The molecule has 2 nitrogen and oxygen atoms in total. The van der Waals surface area contributed by atoms with Gasteiger partial charge in [-0.1, -0.05) is 0 Å². The quantitative estimate of drug-likeness (QED) is 0.451. The number of hydrogen-bond acceptors (Lipinski definition) is 2. The molecule has 0 unspecified atom stereocenters. The molecule has 0 saturated heterocycles. The number of rotatable bonds is 0. The second-order valence-corrected chi connectivity index (χ2v) is 1.48. The van der Waals surface area contributed by atoms with Crippen molar-refractivity contribution in [3.63, 3.8) is 0 Å². The fourth-order valence-electron chi connectivity index (χ4n) is 0.0204. The summed E-state index contributed by atoms with van der Waals surface area (Å²) in [6, 6.07) is 0. The van der Waals surface area contributed by atoms with Gasteiger partial charge in [0, 0.05) is 37.7 Å². The molecule has 2 radical (unpaired) electrons. The molecule has 0 spiro atoms. The Bertz CT molecular complexity index is 76.7. The normalized spacial score (nSPS) is 3.67. The van der Waals surface area contributed by atoms with Crippen molar-refractivity contribution in [1.29, 1.82) is 10.5 Å². The van der Waals surface area contributed by atoms with Gasteiger partial charge >= 0.3 is 35.4 Å². The topological polar surface area (TPSA) is 47.6 Å². The summed E-state index contributed by atoms with van der Waals surface area (Å²) in [6.07, 6.45) is 0. The molecule has 0 atom stereocenters. The fraction of sp³-hybridized carbons (Fsp3) is 0. The summed E-state index contributed by atoms with van der Waals surface area (Å²) in [5, 5.41) is 15.2. The van der Waals surface area contributed by atoms with Gasteiger partial charge in [0.05, 0.1) is 0 Å². The van der Waals surface area contributed by atoms with Gasteiger partial charge in [-0.2, -0.15) is 0 Å². The molecule has 0 bridgehead atoms. The molecule has 0 amide bonds. The van der Waals surface area contributed by atoms with Crippen molar-refractivity contribution < 1.29 is 0 Å². The van der Waals surface area contributed by atoms with E-state index in [1.165, 1.54) is 0 Å². The Morgan fingerprint density at radius 2 is 1.50 bits per heavy atom. The van der Waals surface area contributed by atoms with Crippen LogP contribution in [0.4, 0.5) is 0 Å². The molecule has 0 aromatic rings. The minimum absolute atomic E-state index is 0. The minimum Gasteiger partial charge on any atom is 0 e. The monoisotopic (exact) mass is 172 g/mol. The summed E-state index contributed by atoms with van der Waals surface area (Å²) in [5.74, 6) is 0. The van der Waals surface area contributed by atoms with Crippen LogP contribution in [-0.4, -0.2) is 52.7 Å². The van der Waals surface area contributed by atoms with Crippen molar-refractivity contribution in [2.45, 2.75) is 0 Å². The number of hydrogen-bond donors (Lipinski definition) is 0. The van der Waals surface area contributed by atoms with E-state index in [0.29, 0.717) is 0 Å². The Morgan fingerprint density at radius 1 is 1.17 bits per heavy atom. The maximum Gasteiger partial charge on any atom is 0 e. The maximum atomic E-state index is 7.62. The summed E-state index contributed by atoms with van der Waals surface area (Å²) in [7, 11) is 0. The van der Waals surface area contributed by atoms with Crippen LogP contribution in [0.5, 0.6) is 0 Å². The van der Waals surface area contributed by atoms with Crippen LogP contribution >= 0.6 is 0 Å². The molecule has 0 aliphatic heterocycles. The zero-order valence-electron chi connectivity index (χ0n) is 3.01. The van der Waals surface area contributed by atoms with Crippen molar-refractivity contribution >= 4 is 52.7 Å².